The van der Waals surface area contributed by atoms with Gasteiger partial charge in [0.1, 0.15) is 5.75 Å². The van der Waals surface area contributed by atoms with Crippen LogP contribution in [0.1, 0.15) is 25.3 Å². The van der Waals surface area contributed by atoms with E-state index in [1.54, 1.807) is 0 Å². The summed E-state index contributed by atoms with van der Waals surface area (Å²) in [4.78, 5) is 9.27. The van der Waals surface area contributed by atoms with Gasteiger partial charge in [-0.05, 0) is 47.9 Å². The lowest BCUT2D eigenvalue weighted by Gasteiger charge is -2.12. The SMILES string of the molecule is CC(C)c1cccc(Nc2nc(Oc3ccccc3)c3ccccc3n2)c1. The van der Waals surface area contributed by atoms with Crippen LogP contribution in [0, 0.1) is 0 Å². The van der Waals surface area contributed by atoms with Crippen LogP contribution >= 0.6 is 0 Å². The molecular formula is C23H21N3O. The number of anilines is 2. The van der Waals surface area contributed by atoms with Gasteiger partial charge in [-0.2, -0.15) is 4.98 Å². The Morgan fingerprint density at radius 1 is 0.815 bits per heavy atom. The third-order valence-electron chi connectivity index (χ3n) is 4.34. The average Bonchev–Trinajstić information content (AvgIpc) is 2.69. The molecule has 0 saturated carbocycles. The maximum Gasteiger partial charge on any atom is 0.231 e. The van der Waals surface area contributed by atoms with Gasteiger partial charge < -0.3 is 10.1 Å². The van der Waals surface area contributed by atoms with Gasteiger partial charge in [-0.3, -0.25) is 0 Å². The molecule has 0 radical (unpaired) electrons. The smallest absolute Gasteiger partial charge is 0.231 e. The highest BCUT2D eigenvalue weighted by atomic mass is 16.5. The predicted molar refractivity (Wildman–Crippen MR) is 110 cm³/mol. The van der Waals surface area contributed by atoms with Crippen molar-refractivity contribution in [2.45, 2.75) is 19.8 Å². The number of rotatable bonds is 5. The minimum absolute atomic E-state index is 0.459. The van der Waals surface area contributed by atoms with E-state index in [4.69, 9.17) is 4.74 Å². The van der Waals surface area contributed by atoms with E-state index in [9.17, 15) is 0 Å². The molecule has 4 heteroatoms. The molecule has 0 unspecified atom stereocenters. The fraction of sp³-hybridized carbons (Fsp3) is 0.130. The second-order valence-corrected chi connectivity index (χ2v) is 6.69. The van der Waals surface area contributed by atoms with Crippen molar-refractivity contribution in [2.75, 3.05) is 5.32 Å². The molecule has 4 aromatic rings. The van der Waals surface area contributed by atoms with Gasteiger partial charge in [-0.1, -0.05) is 56.3 Å². The van der Waals surface area contributed by atoms with Crippen LogP contribution in [0.2, 0.25) is 0 Å². The lowest BCUT2D eigenvalue weighted by Crippen LogP contribution is -2.01. The lowest BCUT2D eigenvalue weighted by atomic mass is 10.0. The average molecular weight is 355 g/mol. The monoisotopic (exact) mass is 355 g/mol. The third-order valence-corrected chi connectivity index (χ3v) is 4.34. The van der Waals surface area contributed by atoms with E-state index in [-0.39, 0.29) is 0 Å². The van der Waals surface area contributed by atoms with E-state index in [1.165, 1.54) is 5.56 Å². The van der Waals surface area contributed by atoms with E-state index < -0.39 is 0 Å². The first-order valence-corrected chi connectivity index (χ1v) is 9.06. The fourth-order valence-corrected chi connectivity index (χ4v) is 2.89. The lowest BCUT2D eigenvalue weighted by molar-refractivity contribution is 0.469. The van der Waals surface area contributed by atoms with Gasteiger partial charge in [0.25, 0.3) is 0 Å². The van der Waals surface area contributed by atoms with Gasteiger partial charge in [-0.25, -0.2) is 4.98 Å². The molecule has 0 bridgehead atoms. The zero-order valence-electron chi connectivity index (χ0n) is 15.4. The molecule has 0 amide bonds. The molecule has 134 valence electrons. The van der Waals surface area contributed by atoms with Crippen LogP contribution in [0.4, 0.5) is 11.6 Å². The first-order chi connectivity index (χ1) is 13.2. The molecular weight excluding hydrogens is 334 g/mol. The zero-order chi connectivity index (χ0) is 18.6. The Morgan fingerprint density at radius 2 is 1.59 bits per heavy atom. The summed E-state index contributed by atoms with van der Waals surface area (Å²) in [6, 6.07) is 25.8. The van der Waals surface area contributed by atoms with Gasteiger partial charge in [0.2, 0.25) is 11.8 Å². The third kappa shape index (κ3) is 3.90. The summed E-state index contributed by atoms with van der Waals surface area (Å²) in [7, 11) is 0. The van der Waals surface area contributed by atoms with Crippen molar-refractivity contribution < 1.29 is 4.74 Å². The fourth-order valence-electron chi connectivity index (χ4n) is 2.89. The molecule has 0 fully saturated rings. The maximum absolute atomic E-state index is 6.04. The van der Waals surface area contributed by atoms with E-state index >= 15 is 0 Å². The minimum Gasteiger partial charge on any atom is -0.438 e. The molecule has 27 heavy (non-hydrogen) atoms. The highest BCUT2D eigenvalue weighted by Crippen LogP contribution is 2.29. The number of nitrogens with zero attached hydrogens (tertiary/aromatic N) is 2. The summed E-state index contributed by atoms with van der Waals surface area (Å²) in [6.07, 6.45) is 0. The Bertz CT molecular complexity index is 1060. The molecule has 0 aliphatic rings. The summed E-state index contributed by atoms with van der Waals surface area (Å²) >= 11 is 0. The second kappa shape index (κ2) is 7.46. The number of aromatic nitrogens is 2. The highest BCUT2D eigenvalue weighted by molar-refractivity contribution is 5.85. The first kappa shape index (κ1) is 17.0. The second-order valence-electron chi connectivity index (χ2n) is 6.69. The number of hydrogen-bond donors (Lipinski definition) is 1. The maximum atomic E-state index is 6.04. The number of ether oxygens (including phenoxy) is 1. The molecule has 0 spiro atoms. The number of para-hydroxylation sites is 2. The Kier molecular flexibility index (Phi) is 4.71. The minimum atomic E-state index is 0.459. The summed E-state index contributed by atoms with van der Waals surface area (Å²) in [5.74, 6) is 2.25. The summed E-state index contributed by atoms with van der Waals surface area (Å²) in [5.41, 5.74) is 3.06. The highest BCUT2D eigenvalue weighted by Gasteiger charge is 2.10. The van der Waals surface area contributed by atoms with E-state index in [2.05, 4.69) is 41.3 Å². The number of fused-ring (bicyclic) bond motifs is 1. The summed E-state index contributed by atoms with van der Waals surface area (Å²) in [5, 5.41) is 4.19. The molecule has 0 aliphatic carbocycles. The van der Waals surface area contributed by atoms with Gasteiger partial charge in [0.15, 0.2) is 0 Å². The number of hydrogen-bond acceptors (Lipinski definition) is 4. The van der Waals surface area contributed by atoms with Crippen LogP contribution in [0.5, 0.6) is 11.6 Å². The van der Waals surface area contributed by atoms with Crippen LogP contribution in [0.15, 0.2) is 78.9 Å². The van der Waals surface area contributed by atoms with Crippen molar-refractivity contribution in [2.24, 2.45) is 0 Å². The van der Waals surface area contributed by atoms with Crippen molar-refractivity contribution in [3.63, 3.8) is 0 Å². The molecule has 3 aromatic carbocycles. The molecule has 1 N–H and O–H groups in total. The van der Waals surface area contributed by atoms with Crippen molar-refractivity contribution in [3.05, 3.63) is 84.4 Å². The molecule has 4 rings (SSSR count). The Morgan fingerprint density at radius 3 is 2.41 bits per heavy atom. The predicted octanol–water partition coefficient (Wildman–Crippen LogP) is 6.29. The standard InChI is InChI=1S/C23H21N3O/c1-16(2)17-9-8-10-18(15-17)24-23-25-21-14-7-6-13-20(21)22(26-23)27-19-11-4-3-5-12-19/h3-16H,1-2H3,(H,24,25,26). The van der Waals surface area contributed by atoms with Crippen molar-refractivity contribution >= 4 is 22.5 Å². The molecule has 4 nitrogen and oxygen atoms in total. The van der Waals surface area contributed by atoms with E-state index in [1.807, 2.05) is 66.7 Å². The van der Waals surface area contributed by atoms with Crippen molar-refractivity contribution in [1.82, 2.24) is 9.97 Å². The van der Waals surface area contributed by atoms with Gasteiger partial charge in [0.05, 0.1) is 10.9 Å². The Hall–Kier alpha value is -3.40. The molecule has 1 heterocycles. The molecule has 0 aliphatic heterocycles. The summed E-state index contributed by atoms with van der Waals surface area (Å²) in [6.45, 7) is 4.36. The van der Waals surface area contributed by atoms with Gasteiger partial charge in [-0.15, -0.1) is 0 Å². The van der Waals surface area contributed by atoms with E-state index in [0.29, 0.717) is 17.7 Å². The Labute approximate surface area is 158 Å². The van der Waals surface area contributed by atoms with E-state index in [0.717, 1.165) is 22.3 Å². The first-order valence-electron chi connectivity index (χ1n) is 9.06. The topological polar surface area (TPSA) is 47.0 Å². The number of nitrogens with one attached hydrogen (secondary N) is 1. The molecule has 0 atom stereocenters. The van der Waals surface area contributed by atoms with Crippen LogP contribution in [0.25, 0.3) is 10.9 Å². The quantitative estimate of drug-likeness (QED) is 0.457. The van der Waals surface area contributed by atoms with Crippen molar-refractivity contribution in [3.8, 4) is 11.6 Å². The van der Waals surface area contributed by atoms with Crippen LogP contribution in [-0.4, -0.2) is 9.97 Å². The zero-order valence-corrected chi connectivity index (χ0v) is 15.4. The number of benzene rings is 3. The van der Waals surface area contributed by atoms with Gasteiger partial charge >= 0.3 is 0 Å². The molecule has 1 aromatic heterocycles. The Balaban J connectivity index is 1.72. The van der Waals surface area contributed by atoms with Crippen molar-refractivity contribution in [1.29, 1.82) is 0 Å². The summed E-state index contributed by atoms with van der Waals surface area (Å²) < 4.78 is 6.04. The van der Waals surface area contributed by atoms with Crippen LogP contribution in [0.3, 0.4) is 0 Å². The largest absolute Gasteiger partial charge is 0.438 e. The molecule has 0 saturated heterocycles. The normalized spacial score (nSPS) is 10.9. The van der Waals surface area contributed by atoms with Crippen LogP contribution in [-0.2, 0) is 0 Å². The van der Waals surface area contributed by atoms with Gasteiger partial charge in [0, 0.05) is 5.69 Å². The van der Waals surface area contributed by atoms with Crippen LogP contribution < -0.4 is 10.1 Å².